The van der Waals surface area contributed by atoms with Gasteiger partial charge in [-0.2, -0.15) is 0 Å². The minimum Gasteiger partial charge on any atom is -0.337 e. The number of hydrogen-bond donors (Lipinski definition) is 0. The van der Waals surface area contributed by atoms with E-state index in [1.54, 1.807) is 0 Å². The molecule has 0 aliphatic heterocycles. The highest BCUT2D eigenvalue weighted by molar-refractivity contribution is 9.10. The molecule has 86 valence electrons. The standard InChI is InChI=1S/C15H14BrN/c16-14-8-4-5-9-15(14)17(13-10-11-13)12-6-2-1-3-7-12/h1-9,13H,10-11H2. The number of para-hydroxylation sites is 2. The number of benzene rings is 2. The zero-order chi connectivity index (χ0) is 11.7. The Morgan fingerprint density at radius 3 is 2.18 bits per heavy atom. The Bertz CT molecular complexity index is 505. The third-order valence-corrected chi connectivity index (χ3v) is 3.73. The number of rotatable bonds is 3. The van der Waals surface area contributed by atoms with Crippen LogP contribution in [0.25, 0.3) is 0 Å². The highest BCUT2D eigenvalue weighted by atomic mass is 79.9. The van der Waals surface area contributed by atoms with E-state index >= 15 is 0 Å². The van der Waals surface area contributed by atoms with E-state index < -0.39 is 0 Å². The summed E-state index contributed by atoms with van der Waals surface area (Å²) in [4.78, 5) is 2.43. The Morgan fingerprint density at radius 1 is 0.882 bits per heavy atom. The lowest BCUT2D eigenvalue weighted by Crippen LogP contribution is -2.19. The van der Waals surface area contributed by atoms with E-state index in [0.29, 0.717) is 6.04 Å². The van der Waals surface area contributed by atoms with Crippen molar-refractivity contribution in [2.24, 2.45) is 0 Å². The van der Waals surface area contributed by atoms with Crippen LogP contribution in [0.2, 0.25) is 0 Å². The minimum atomic E-state index is 0.663. The molecule has 0 radical (unpaired) electrons. The minimum absolute atomic E-state index is 0.663. The molecule has 0 spiro atoms. The molecule has 3 rings (SSSR count). The monoisotopic (exact) mass is 287 g/mol. The second kappa shape index (κ2) is 4.53. The molecule has 0 N–H and O–H groups in total. The van der Waals surface area contributed by atoms with Crippen LogP contribution in [0.5, 0.6) is 0 Å². The number of halogens is 1. The van der Waals surface area contributed by atoms with Gasteiger partial charge in [-0.3, -0.25) is 0 Å². The van der Waals surface area contributed by atoms with E-state index in [1.807, 2.05) is 0 Å². The van der Waals surface area contributed by atoms with Gasteiger partial charge in [0.1, 0.15) is 0 Å². The van der Waals surface area contributed by atoms with Gasteiger partial charge in [-0.15, -0.1) is 0 Å². The Balaban J connectivity index is 2.04. The molecule has 1 aliphatic rings. The summed E-state index contributed by atoms with van der Waals surface area (Å²) in [6.07, 6.45) is 2.58. The third kappa shape index (κ3) is 2.22. The van der Waals surface area contributed by atoms with Gasteiger partial charge < -0.3 is 4.90 Å². The van der Waals surface area contributed by atoms with Crippen molar-refractivity contribution in [3.8, 4) is 0 Å². The van der Waals surface area contributed by atoms with Crippen LogP contribution in [0.4, 0.5) is 11.4 Å². The van der Waals surface area contributed by atoms with Gasteiger partial charge in [-0.1, -0.05) is 30.3 Å². The van der Waals surface area contributed by atoms with E-state index in [-0.39, 0.29) is 0 Å². The van der Waals surface area contributed by atoms with Gasteiger partial charge in [0, 0.05) is 16.2 Å². The lowest BCUT2D eigenvalue weighted by atomic mass is 10.2. The van der Waals surface area contributed by atoms with Gasteiger partial charge in [0.15, 0.2) is 0 Å². The fourth-order valence-electron chi connectivity index (χ4n) is 2.12. The topological polar surface area (TPSA) is 3.24 Å². The summed E-state index contributed by atoms with van der Waals surface area (Å²) >= 11 is 3.65. The average Bonchev–Trinajstić information content (AvgIpc) is 3.18. The van der Waals surface area contributed by atoms with Gasteiger partial charge in [-0.05, 0) is 53.0 Å². The fraction of sp³-hybridized carbons (Fsp3) is 0.200. The van der Waals surface area contributed by atoms with Crippen molar-refractivity contribution in [1.82, 2.24) is 0 Å². The maximum atomic E-state index is 3.65. The molecule has 1 aliphatic carbocycles. The molecule has 1 nitrogen and oxygen atoms in total. The number of hydrogen-bond acceptors (Lipinski definition) is 1. The Labute approximate surface area is 110 Å². The van der Waals surface area contributed by atoms with E-state index in [0.717, 1.165) is 4.47 Å². The largest absolute Gasteiger partial charge is 0.337 e. The van der Waals surface area contributed by atoms with Crippen LogP contribution in [0.15, 0.2) is 59.1 Å². The van der Waals surface area contributed by atoms with Gasteiger partial charge in [0.05, 0.1) is 5.69 Å². The Morgan fingerprint density at radius 2 is 1.53 bits per heavy atom. The zero-order valence-electron chi connectivity index (χ0n) is 9.51. The molecular formula is C15H14BrN. The summed E-state index contributed by atoms with van der Waals surface area (Å²) in [5.41, 5.74) is 2.54. The molecule has 0 aromatic heterocycles. The quantitative estimate of drug-likeness (QED) is 0.787. The molecule has 0 atom stereocenters. The van der Waals surface area contributed by atoms with Crippen LogP contribution in [-0.2, 0) is 0 Å². The molecule has 0 heterocycles. The van der Waals surface area contributed by atoms with E-state index in [1.165, 1.54) is 24.2 Å². The molecule has 0 unspecified atom stereocenters. The first-order valence-electron chi connectivity index (χ1n) is 5.95. The summed E-state index contributed by atoms with van der Waals surface area (Å²) < 4.78 is 1.16. The first kappa shape index (κ1) is 10.8. The van der Waals surface area contributed by atoms with E-state index in [9.17, 15) is 0 Å². The third-order valence-electron chi connectivity index (χ3n) is 3.06. The van der Waals surface area contributed by atoms with Crippen molar-refractivity contribution in [2.75, 3.05) is 4.90 Å². The van der Waals surface area contributed by atoms with Gasteiger partial charge >= 0.3 is 0 Å². The average molecular weight is 288 g/mol. The second-order valence-electron chi connectivity index (χ2n) is 4.39. The summed E-state index contributed by atoms with van der Waals surface area (Å²) in [5, 5.41) is 0. The molecule has 1 saturated carbocycles. The van der Waals surface area contributed by atoms with Crippen LogP contribution >= 0.6 is 15.9 Å². The van der Waals surface area contributed by atoms with E-state index in [4.69, 9.17) is 0 Å². The van der Waals surface area contributed by atoms with Crippen molar-refractivity contribution in [2.45, 2.75) is 18.9 Å². The predicted molar refractivity (Wildman–Crippen MR) is 75.7 cm³/mol. The van der Waals surface area contributed by atoms with Crippen molar-refractivity contribution in [1.29, 1.82) is 0 Å². The molecule has 17 heavy (non-hydrogen) atoms. The highest BCUT2D eigenvalue weighted by Crippen LogP contribution is 2.40. The molecule has 0 bridgehead atoms. The number of nitrogens with zero attached hydrogens (tertiary/aromatic N) is 1. The molecular weight excluding hydrogens is 274 g/mol. The molecule has 2 heteroatoms. The van der Waals surface area contributed by atoms with Gasteiger partial charge in [0.25, 0.3) is 0 Å². The molecule has 0 amide bonds. The summed E-state index contributed by atoms with van der Waals surface area (Å²) in [7, 11) is 0. The first-order valence-corrected chi connectivity index (χ1v) is 6.74. The zero-order valence-corrected chi connectivity index (χ0v) is 11.1. The fourth-order valence-corrected chi connectivity index (χ4v) is 2.59. The summed E-state index contributed by atoms with van der Waals surface area (Å²) in [6.45, 7) is 0. The molecule has 2 aromatic rings. The predicted octanol–water partition coefficient (Wildman–Crippen LogP) is 4.75. The lowest BCUT2D eigenvalue weighted by Gasteiger charge is -2.25. The summed E-state index contributed by atoms with van der Waals surface area (Å²) in [6, 6.07) is 19.7. The van der Waals surface area contributed by atoms with Crippen LogP contribution < -0.4 is 4.90 Å². The Hall–Kier alpha value is -1.28. The van der Waals surface area contributed by atoms with Crippen LogP contribution in [0.1, 0.15) is 12.8 Å². The summed E-state index contributed by atoms with van der Waals surface area (Å²) in [5.74, 6) is 0. The molecule has 2 aromatic carbocycles. The van der Waals surface area contributed by atoms with E-state index in [2.05, 4.69) is 75.4 Å². The molecule has 1 fully saturated rings. The maximum Gasteiger partial charge on any atom is 0.0557 e. The second-order valence-corrected chi connectivity index (χ2v) is 5.24. The van der Waals surface area contributed by atoms with Crippen molar-refractivity contribution >= 4 is 27.3 Å². The Kier molecular flexibility index (Phi) is 2.89. The van der Waals surface area contributed by atoms with Crippen molar-refractivity contribution in [3.05, 3.63) is 59.1 Å². The normalized spacial score (nSPS) is 14.6. The first-order chi connectivity index (χ1) is 8.36. The SMILES string of the molecule is Brc1ccccc1N(c1ccccc1)C1CC1. The maximum absolute atomic E-state index is 3.65. The lowest BCUT2D eigenvalue weighted by molar-refractivity contribution is 0.967. The van der Waals surface area contributed by atoms with Gasteiger partial charge in [-0.25, -0.2) is 0 Å². The van der Waals surface area contributed by atoms with Crippen LogP contribution in [0, 0.1) is 0 Å². The smallest absolute Gasteiger partial charge is 0.0557 e. The molecule has 0 saturated heterocycles. The van der Waals surface area contributed by atoms with Crippen LogP contribution in [-0.4, -0.2) is 6.04 Å². The van der Waals surface area contributed by atoms with Crippen LogP contribution in [0.3, 0.4) is 0 Å². The number of anilines is 2. The van der Waals surface area contributed by atoms with Crippen molar-refractivity contribution < 1.29 is 0 Å². The highest BCUT2D eigenvalue weighted by Gasteiger charge is 2.31. The van der Waals surface area contributed by atoms with Gasteiger partial charge in [0.2, 0.25) is 0 Å². The van der Waals surface area contributed by atoms with Crippen molar-refractivity contribution in [3.63, 3.8) is 0 Å².